The highest BCUT2D eigenvalue weighted by atomic mass is 32.1. The molecule has 0 atom stereocenters. The number of nitrogens with zero attached hydrogens (tertiary/aromatic N) is 2. The van der Waals surface area contributed by atoms with Crippen molar-refractivity contribution in [3.63, 3.8) is 0 Å². The maximum atomic E-state index is 12.2. The standard InChI is InChI=1S/C15H12N2O3S/c18-14-13-12(20-15(16-14)17-6-7-19-9-17)11(8-21-13)10-4-2-1-3-5-10/h1-5,8H,6-7,9H2. The Morgan fingerprint density at radius 3 is 2.86 bits per heavy atom. The molecule has 0 unspecified atom stereocenters. The van der Waals surface area contributed by atoms with Gasteiger partial charge in [-0.25, -0.2) is 0 Å². The van der Waals surface area contributed by atoms with Crippen molar-refractivity contribution in [2.45, 2.75) is 0 Å². The lowest BCUT2D eigenvalue weighted by molar-refractivity contribution is 0.199. The van der Waals surface area contributed by atoms with Gasteiger partial charge in [0.25, 0.3) is 5.56 Å². The summed E-state index contributed by atoms with van der Waals surface area (Å²) in [5.74, 6) is 0. The molecule has 0 N–H and O–H groups in total. The molecule has 1 fully saturated rings. The van der Waals surface area contributed by atoms with Crippen molar-refractivity contribution in [1.29, 1.82) is 0 Å². The molecule has 1 aromatic carbocycles. The third kappa shape index (κ3) is 2.12. The minimum atomic E-state index is -0.245. The minimum absolute atomic E-state index is 0.245. The van der Waals surface area contributed by atoms with Crippen LogP contribution in [0.25, 0.3) is 21.4 Å². The van der Waals surface area contributed by atoms with Crippen LogP contribution in [0.1, 0.15) is 0 Å². The molecule has 1 aliphatic rings. The van der Waals surface area contributed by atoms with Crippen molar-refractivity contribution >= 4 is 27.6 Å². The first-order valence-electron chi connectivity index (χ1n) is 6.63. The van der Waals surface area contributed by atoms with Crippen molar-refractivity contribution in [2.75, 3.05) is 24.8 Å². The zero-order valence-electron chi connectivity index (χ0n) is 11.1. The number of aromatic nitrogens is 1. The highest BCUT2D eigenvalue weighted by Crippen LogP contribution is 2.33. The van der Waals surface area contributed by atoms with Crippen LogP contribution in [0.15, 0.2) is 44.9 Å². The topological polar surface area (TPSA) is 55.6 Å². The van der Waals surface area contributed by atoms with Crippen molar-refractivity contribution in [3.05, 3.63) is 46.1 Å². The Bertz CT molecular complexity index is 835. The largest absolute Gasteiger partial charge is 0.423 e. The summed E-state index contributed by atoms with van der Waals surface area (Å²) in [5.41, 5.74) is 2.32. The second kappa shape index (κ2) is 4.98. The van der Waals surface area contributed by atoms with Crippen molar-refractivity contribution in [2.24, 2.45) is 0 Å². The summed E-state index contributed by atoms with van der Waals surface area (Å²) in [5, 5.41) is 1.94. The van der Waals surface area contributed by atoms with Crippen LogP contribution in [0.5, 0.6) is 0 Å². The number of hydrogen-bond donors (Lipinski definition) is 0. The third-order valence-electron chi connectivity index (χ3n) is 3.44. The first kappa shape index (κ1) is 12.6. The van der Waals surface area contributed by atoms with Gasteiger partial charge in [0.2, 0.25) is 0 Å². The van der Waals surface area contributed by atoms with Crippen LogP contribution in [-0.2, 0) is 4.74 Å². The number of thiophene rings is 1. The molecule has 0 bridgehead atoms. The number of anilines is 1. The van der Waals surface area contributed by atoms with Gasteiger partial charge in [-0.1, -0.05) is 30.3 Å². The quantitative estimate of drug-likeness (QED) is 0.728. The molecule has 21 heavy (non-hydrogen) atoms. The van der Waals surface area contributed by atoms with E-state index in [4.69, 9.17) is 9.15 Å². The molecular weight excluding hydrogens is 288 g/mol. The Kier molecular flexibility index (Phi) is 2.98. The lowest BCUT2D eigenvalue weighted by atomic mass is 10.1. The van der Waals surface area contributed by atoms with Gasteiger partial charge in [0.15, 0.2) is 5.58 Å². The average molecular weight is 300 g/mol. The highest BCUT2D eigenvalue weighted by molar-refractivity contribution is 7.17. The van der Waals surface area contributed by atoms with Crippen LogP contribution < -0.4 is 10.5 Å². The lowest BCUT2D eigenvalue weighted by Gasteiger charge is -2.11. The molecule has 0 saturated carbocycles. The van der Waals surface area contributed by atoms with E-state index in [-0.39, 0.29) is 5.56 Å². The van der Waals surface area contributed by atoms with E-state index in [1.807, 2.05) is 40.6 Å². The van der Waals surface area contributed by atoms with Crippen LogP contribution in [0.2, 0.25) is 0 Å². The first-order valence-corrected chi connectivity index (χ1v) is 7.51. The monoisotopic (exact) mass is 300 g/mol. The Morgan fingerprint density at radius 1 is 1.24 bits per heavy atom. The summed E-state index contributed by atoms with van der Waals surface area (Å²) in [6.07, 6.45) is 0. The molecule has 5 nitrogen and oxygen atoms in total. The zero-order chi connectivity index (χ0) is 14.2. The molecule has 0 amide bonds. The molecule has 1 saturated heterocycles. The number of fused-ring (bicyclic) bond motifs is 1. The summed E-state index contributed by atoms with van der Waals surface area (Å²) < 4.78 is 11.7. The van der Waals surface area contributed by atoms with Gasteiger partial charge >= 0.3 is 6.01 Å². The van der Waals surface area contributed by atoms with Crippen molar-refractivity contribution < 1.29 is 9.15 Å². The van der Waals surface area contributed by atoms with Gasteiger partial charge in [-0.05, 0) is 5.56 Å². The Hall–Kier alpha value is -2.18. The van der Waals surface area contributed by atoms with Gasteiger partial charge < -0.3 is 14.1 Å². The molecular formula is C15H12N2O3S. The van der Waals surface area contributed by atoms with Crippen LogP contribution in [0, 0.1) is 0 Å². The van der Waals surface area contributed by atoms with Gasteiger partial charge in [-0.2, -0.15) is 4.98 Å². The van der Waals surface area contributed by atoms with E-state index in [2.05, 4.69) is 4.98 Å². The van der Waals surface area contributed by atoms with Crippen molar-refractivity contribution in [1.82, 2.24) is 4.98 Å². The summed E-state index contributed by atoms with van der Waals surface area (Å²) in [4.78, 5) is 18.0. The van der Waals surface area contributed by atoms with E-state index in [1.165, 1.54) is 11.3 Å². The smallest absolute Gasteiger partial charge is 0.303 e. The van der Waals surface area contributed by atoms with Crippen LogP contribution in [-0.4, -0.2) is 24.9 Å². The SMILES string of the molecule is O=c1nc(N2CCOC2)oc2c(-c3ccccc3)csc12. The second-order valence-corrected chi connectivity index (χ2v) is 5.66. The minimum Gasteiger partial charge on any atom is -0.423 e. The molecule has 3 heterocycles. The predicted molar refractivity (Wildman–Crippen MR) is 81.8 cm³/mol. The molecule has 0 spiro atoms. The molecule has 3 aromatic rings. The average Bonchev–Trinajstić information content (AvgIpc) is 3.18. The third-order valence-corrected chi connectivity index (χ3v) is 4.39. The maximum absolute atomic E-state index is 12.2. The molecule has 106 valence electrons. The second-order valence-electron chi connectivity index (χ2n) is 4.78. The molecule has 0 aliphatic carbocycles. The van der Waals surface area contributed by atoms with Gasteiger partial charge in [-0.15, -0.1) is 11.3 Å². The summed E-state index contributed by atoms with van der Waals surface area (Å²) >= 11 is 1.37. The summed E-state index contributed by atoms with van der Waals surface area (Å²) in [6.45, 7) is 1.72. The Balaban J connectivity index is 1.91. The first-order chi connectivity index (χ1) is 10.3. The maximum Gasteiger partial charge on any atom is 0.303 e. The van der Waals surface area contributed by atoms with E-state index < -0.39 is 0 Å². The zero-order valence-corrected chi connectivity index (χ0v) is 11.9. The number of rotatable bonds is 2. The molecule has 0 radical (unpaired) electrons. The fraction of sp³-hybridized carbons (Fsp3) is 0.200. The molecule has 2 aromatic heterocycles. The normalized spacial score (nSPS) is 15.0. The molecule has 1 aliphatic heterocycles. The van der Waals surface area contributed by atoms with E-state index in [0.29, 0.717) is 36.2 Å². The van der Waals surface area contributed by atoms with E-state index in [9.17, 15) is 4.79 Å². The summed E-state index contributed by atoms with van der Waals surface area (Å²) in [7, 11) is 0. The van der Waals surface area contributed by atoms with Gasteiger partial charge in [-0.3, -0.25) is 4.79 Å². The van der Waals surface area contributed by atoms with Gasteiger partial charge in [0, 0.05) is 17.5 Å². The number of hydrogen-bond acceptors (Lipinski definition) is 6. The summed E-state index contributed by atoms with van der Waals surface area (Å²) in [6, 6.07) is 10.2. The predicted octanol–water partition coefficient (Wildman–Crippen LogP) is 2.71. The van der Waals surface area contributed by atoms with E-state index in [0.717, 1.165) is 11.1 Å². The molecule has 4 rings (SSSR count). The van der Waals surface area contributed by atoms with Crippen LogP contribution in [0.4, 0.5) is 6.01 Å². The highest BCUT2D eigenvalue weighted by Gasteiger charge is 2.20. The Morgan fingerprint density at radius 2 is 2.10 bits per heavy atom. The van der Waals surface area contributed by atoms with Gasteiger partial charge in [0.05, 0.1) is 6.61 Å². The number of ether oxygens (including phenoxy) is 1. The van der Waals surface area contributed by atoms with E-state index in [1.54, 1.807) is 0 Å². The number of benzene rings is 1. The fourth-order valence-corrected chi connectivity index (χ4v) is 3.25. The van der Waals surface area contributed by atoms with Gasteiger partial charge in [0.1, 0.15) is 11.4 Å². The fourth-order valence-electron chi connectivity index (χ4n) is 2.36. The van der Waals surface area contributed by atoms with Crippen LogP contribution in [0.3, 0.4) is 0 Å². The van der Waals surface area contributed by atoms with Crippen LogP contribution >= 0.6 is 11.3 Å². The van der Waals surface area contributed by atoms with Crippen molar-refractivity contribution in [3.8, 4) is 11.1 Å². The molecule has 6 heteroatoms. The Labute approximate surface area is 124 Å². The van der Waals surface area contributed by atoms with E-state index >= 15 is 0 Å². The lowest BCUT2D eigenvalue weighted by Crippen LogP contribution is -2.22.